The molecule has 0 aliphatic heterocycles. The molecule has 2 aromatic carbocycles. The Morgan fingerprint density at radius 1 is 0.853 bits per heavy atom. The van der Waals surface area contributed by atoms with Gasteiger partial charge in [-0.3, -0.25) is 9.98 Å². The van der Waals surface area contributed by atoms with Gasteiger partial charge in [-0.25, -0.2) is 0 Å². The zero-order valence-electron chi connectivity index (χ0n) is 21.1. The van der Waals surface area contributed by atoms with Crippen molar-refractivity contribution in [3.05, 3.63) is 56.6 Å². The molecule has 0 unspecified atom stereocenters. The van der Waals surface area contributed by atoms with Crippen LogP contribution in [0.2, 0.25) is 29.7 Å². The van der Waals surface area contributed by atoms with Crippen LogP contribution in [0, 0.1) is 27.7 Å². The van der Waals surface area contributed by atoms with E-state index in [9.17, 15) is 0 Å². The van der Waals surface area contributed by atoms with Gasteiger partial charge in [0.15, 0.2) is 8.32 Å². The predicted octanol–water partition coefficient (Wildman–Crippen LogP) is 10.4. The molecule has 2 aromatic rings. The first-order valence-electron chi connectivity index (χ1n) is 10.9. The summed E-state index contributed by atoms with van der Waals surface area (Å²) in [7, 11) is -0.283. The molecule has 0 aromatic heterocycles. The Kier molecular flexibility index (Phi) is 14.4. The molecule has 0 radical (unpaired) electrons. The average molecular weight is 696 g/mol. The molecule has 0 atom stereocenters. The van der Waals surface area contributed by atoms with Gasteiger partial charge in [0.1, 0.15) is 0 Å². The standard InChI is InChI=1S/C25H34Cl2N2OSi.2BrH.Ni/c1-16-12-21(26)13-17(2)24(16)28-20(5)23(10-9-11-30-31(6,7)8)29-25-18(3)14-22(27)15-19(25)4;;;/h12-15H,9-11H2,1-8H3;2*1H;/q;;;+2/p-2. The van der Waals surface area contributed by atoms with Gasteiger partial charge in [-0.2, -0.15) is 0 Å². The number of halogens is 4. The summed E-state index contributed by atoms with van der Waals surface area (Å²) in [6, 6.07) is 7.82. The molecule has 0 saturated heterocycles. The van der Waals surface area contributed by atoms with Crippen LogP contribution in [0.25, 0.3) is 0 Å². The Bertz CT molecular complexity index is 994. The molecule has 0 aliphatic carbocycles. The second kappa shape index (κ2) is 15.3. The van der Waals surface area contributed by atoms with Crippen LogP contribution < -0.4 is 0 Å². The first kappa shape index (κ1) is 32.0. The molecule has 0 bridgehead atoms. The number of aryl methyl sites for hydroxylation is 4. The molecule has 0 saturated carbocycles. The topological polar surface area (TPSA) is 34.0 Å². The third-order valence-electron chi connectivity index (χ3n) is 4.95. The van der Waals surface area contributed by atoms with Crippen LogP contribution in [0.15, 0.2) is 34.3 Å². The quantitative estimate of drug-likeness (QED) is 0.154. The van der Waals surface area contributed by atoms with Crippen LogP contribution in [-0.4, -0.2) is 26.3 Å². The zero-order chi connectivity index (χ0) is 26.1. The van der Waals surface area contributed by atoms with E-state index in [0.717, 1.165) is 74.5 Å². The Morgan fingerprint density at radius 3 is 1.62 bits per heavy atom. The van der Waals surface area contributed by atoms with Crippen molar-refractivity contribution < 1.29 is 15.3 Å². The van der Waals surface area contributed by atoms with Gasteiger partial charge in [-0.05, 0) is 114 Å². The summed E-state index contributed by atoms with van der Waals surface area (Å²) < 4.78 is 6.05. The minimum absolute atomic E-state index is 0.733. The van der Waals surface area contributed by atoms with Crippen molar-refractivity contribution in [2.45, 2.75) is 67.1 Å². The molecule has 192 valence electrons. The van der Waals surface area contributed by atoms with E-state index in [1.54, 1.807) is 0 Å². The molecular weight excluding hydrogens is 662 g/mol. The van der Waals surface area contributed by atoms with Gasteiger partial charge in [-0.15, -0.1) is 0 Å². The van der Waals surface area contributed by atoms with Crippen LogP contribution >= 0.6 is 51.7 Å². The summed E-state index contributed by atoms with van der Waals surface area (Å²) in [5, 5.41) is 1.47. The first-order valence-corrected chi connectivity index (χ1v) is 20.0. The van der Waals surface area contributed by atoms with Gasteiger partial charge in [0.05, 0.1) is 22.8 Å². The summed E-state index contributed by atoms with van der Waals surface area (Å²) >= 11 is 18.4. The SMILES string of the molecule is CC(=Nc1c(C)cc(Cl)cc1C)C(CCCO[Si](C)(C)C)=Nc1c(C)cc(Cl)cc1C.[Br][Ni][Br]. The molecule has 0 heterocycles. The molecule has 9 heteroatoms. The molecule has 3 nitrogen and oxygen atoms in total. The van der Waals surface area contributed by atoms with E-state index >= 15 is 0 Å². The summed E-state index contributed by atoms with van der Waals surface area (Å²) in [6.07, 6.45) is 1.70. The van der Waals surface area contributed by atoms with E-state index < -0.39 is 8.32 Å². The zero-order valence-corrected chi connectivity index (χ0v) is 27.7. The van der Waals surface area contributed by atoms with E-state index in [2.05, 4.69) is 48.1 Å². The molecule has 0 fully saturated rings. The third-order valence-corrected chi connectivity index (χ3v) is 6.46. The molecule has 2 rings (SSSR count). The predicted molar refractivity (Wildman–Crippen MR) is 158 cm³/mol. The van der Waals surface area contributed by atoms with Crippen molar-refractivity contribution in [1.82, 2.24) is 0 Å². The van der Waals surface area contributed by atoms with Crippen LogP contribution in [0.5, 0.6) is 0 Å². The van der Waals surface area contributed by atoms with Gasteiger partial charge < -0.3 is 4.43 Å². The number of nitrogens with zero attached hydrogens (tertiary/aromatic N) is 2. The number of rotatable bonds is 8. The Morgan fingerprint density at radius 2 is 1.24 bits per heavy atom. The van der Waals surface area contributed by atoms with E-state index in [-0.39, 0.29) is 0 Å². The first-order chi connectivity index (χ1) is 15.8. The summed E-state index contributed by atoms with van der Waals surface area (Å²) in [6.45, 7) is 17.6. The van der Waals surface area contributed by atoms with Crippen LogP contribution in [0.4, 0.5) is 11.4 Å². The summed E-state index contributed by atoms with van der Waals surface area (Å²) in [5.41, 5.74) is 8.05. The van der Waals surface area contributed by atoms with Crippen LogP contribution in [0.3, 0.4) is 0 Å². The van der Waals surface area contributed by atoms with Crippen molar-refractivity contribution in [3.8, 4) is 0 Å². The average Bonchev–Trinajstić information content (AvgIpc) is 2.68. The molecule has 34 heavy (non-hydrogen) atoms. The Labute approximate surface area is 236 Å². The van der Waals surface area contributed by atoms with E-state index in [1.165, 1.54) is 10.9 Å². The second-order valence-corrected chi connectivity index (χ2v) is 19.5. The van der Waals surface area contributed by atoms with Gasteiger partial charge >= 0.3 is 39.3 Å². The molecule has 0 N–H and O–H groups in total. The van der Waals surface area contributed by atoms with Crippen molar-refractivity contribution >= 4 is 82.8 Å². The van der Waals surface area contributed by atoms with Crippen molar-refractivity contribution in [2.24, 2.45) is 9.98 Å². The monoisotopic (exact) mass is 692 g/mol. The van der Waals surface area contributed by atoms with Crippen molar-refractivity contribution in [2.75, 3.05) is 6.61 Å². The van der Waals surface area contributed by atoms with E-state index in [4.69, 9.17) is 37.6 Å². The van der Waals surface area contributed by atoms with Gasteiger partial charge in [0, 0.05) is 16.7 Å². The molecule has 0 spiro atoms. The minimum atomic E-state index is -1.53. The maximum atomic E-state index is 6.23. The summed E-state index contributed by atoms with van der Waals surface area (Å²) in [4.78, 5) is 10.0. The maximum absolute atomic E-state index is 6.23. The molecule has 0 amide bonds. The number of hydrogen-bond donors (Lipinski definition) is 0. The number of aliphatic imine (C=N–C) groups is 2. The fourth-order valence-electron chi connectivity index (χ4n) is 3.46. The van der Waals surface area contributed by atoms with Crippen LogP contribution in [-0.2, 0) is 15.3 Å². The third kappa shape index (κ3) is 11.4. The molecular formula is C25H34Br2Cl2N2NiOSi. The van der Waals surface area contributed by atoms with Gasteiger partial charge in [-0.1, -0.05) is 23.2 Å². The number of hydrogen-bond acceptors (Lipinski definition) is 3. The normalized spacial score (nSPS) is 12.6. The Hall–Kier alpha value is -0.00961. The van der Waals surface area contributed by atoms with Crippen molar-refractivity contribution in [3.63, 3.8) is 0 Å². The Balaban J connectivity index is 0.00000182. The van der Waals surface area contributed by atoms with E-state index in [0.29, 0.717) is 0 Å². The fraction of sp³-hybridized carbons (Fsp3) is 0.440. The molecule has 0 aliphatic rings. The van der Waals surface area contributed by atoms with E-state index in [1.807, 2.05) is 58.9 Å². The number of benzene rings is 2. The van der Waals surface area contributed by atoms with Crippen molar-refractivity contribution in [1.29, 1.82) is 0 Å². The second-order valence-electron chi connectivity index (χ2n) is 9.14. The van der Waals surface area contributed by atoms with Gasteiger partial charge in [0.2, 0.25) is 0 Å². The van der Waals surface area contributed by atoms with Gasteiger partial charge in [0.25, 0.3) is 0 Å². The van der Waals surface area contributed by atoms with Crippen LogP contribution in [0.1, 0.15) is 42.0 Å². The fourth-order valence-corrected chi connectivity index (χ4v) is 4.87. The summed E-state index contributed by atoms with van der Waals surface area (Å²) in [5.74, 6) is 0.